The van der Waals surface area contributed by atoms with E-state index in [1.54, 1.807) is 0 Å². The minimum atomic E-state index is -3.72. The summed E-state index contributed by atoms with van der Waals surface area (Å²) >= 11 is 0. The van der Waals surface area contributed by atoms with E-state index >= 15 is 4.11 Å². The first kappa shape index (κ1) is 42.2. The molecule has 6 nitrogen and oxygen atoms in total. The monoisotopic (exact) mass is 633 g/mol. The van der Waals surface area contributed by atoms with Crippen molar-refractivity contribution < 1.29 is 4.11 Å². The van der Waals surface area contributed by atoms with Gasteiger partial charge in [0.15, 0.2) is 0 Å². The maximum atomic E-state index is 18.2. The summed E-state index contributed by atoms with van der Waals surface area (Å²) < 4.78 is 18.2. The van der Waals surface area contributed by atoms with Crippen LogP contribution in [0.1, 0.15) is 145 Å². The summed E-state index contributed by atoms with van der Waals surface area (Å²) in [6.45, 7) is 43.8. The fourth-order valence-corrected chi connectivity index (χ4v) is 7.27. The van der Waals surface area contributed by atoms with Gasteiger partial charge in [0.1, 0.15) is 0 Å². The zero-order chi connectivity index (χ0) is 35.3. The molecule has 0 bridgehead atoms. The van der Waals surface area contributed by atoms with Crippen molar-refractivity contribution >= 4 is 42.7 Å². The second kappa shape index (κ2) is 14.7. The Balaban J connectivity index is 7.51. The highest BCUT2D eigenvalue weighted by atomic mass is 28.4. The Hall–Kier alpha value is -1.83. The van der Waals surface area contributed by atoms with E-state index in [1.807, 2.05) is 20.8 Å². The number of hydrogen-bond acceptors (Lipinski definition) is 6. The summed E-state index contributed by atoms with van der Waals surface area (Å²) in [6, 6.07) is 0.683. The second-order valence-electron chi connectivity index (χ2n) is 18.9. The van der Waals surface area contributed by atoms with Gasteiger partial charge in [-0.3, -0.25) is 0 Å². The van der Waals surface area contributed by atoms with Gasteiger partial charge in [-0.25, -0.2) is 0 Å². The van der Waals surface area contributed by atoms with Gasteiger partial charge in [0.2, 0.25) is 0 Å². The van der Waals surface area contributed by atoms with Gasteiger partial charge in [0, 0.05) is 84.9 Å². The van der Waals surface area contributed by atoms with Crippen molar-refractivity contribution in [3.63, 3.8) is 0 Å². The van der Waals surface area contributed by atoms with Crippen molar-refractivity contribution in [2.75, 3.05) is 0 Å². The molecule has 0 unspecified atom stereocenters. The van der Waals surface area contributed by atoms with Gasteiger partial charge in [-0.1, -0.05) is 125 Å². The van der Waals surface area contributed by atoms with Crippen molar-refractivity contribution in [3.05, 3.63) is 0 Å². The van der Waals surface area contributed by atoms with Crippen LogP contribution in [0.5, 0.6) is 0 Å². The summed E-state index contributed by atoms with van der Waals surface area (Å²) in [5.41, 5.74) is 3.56. The van der Waals surface area contributed by atoms with E-state index in [9.17, 15) is 0 Å². The topological polar surface area (TPSA) is 74.2 Å². The van der Waals surface area contributed by atoms with E-state index in [-0.39, 0.29) is 50.6 Å². The second-order valence-corrected chi connectivity index (χ2v) is 22.2. The highest BCUT2D eigenvalue weighted by Gasteiger charge is 2.45. The average molecular weight is 633 g/mol. The SMILES string of the molecule is C/C(=N\N=C(\C[Si](F)(C/C(=N/N=C(\C)C(C)(C)C)C(C)(C)C)C/C(=N/N=C(\C)C(C)(C)C)C(C)(C)C)C(C)(C)C)C(C)(C)C. The summed E-state index contributed by atoms with van der Waals surface area (Å²) in [7, 11) is -3.72. The molecular formula is C36H69FN6Si. The summed E-state index contributed by atoms with van der Waals surface area (Å²) in [5, 5.41) is 28.2. The van der Waals surface area contributed by atoms with E-state index in [4.69, 9.17) is 15.3 Å². The van der Waals surface area contributed by atoms with Gasteiger partial charge in [-0.2, -0.15) is 30.6 Å². The molecule has 0 saturated heterocycles. The number of nitrogens with zero attached hydrogens (tertiary/aromatic N) is 6. The molecule has 44 heavy (non-hydrogen) atoms. The van der Waals surface area contributed by atoms with Gasteiger partial charge < -0.3 is 4.11 Å². The molecule has 0 aromatic heterocycles. The first-order chi connectivity index (χ1) is 19.2. The Labute approximate surface area is 273 Å². The number of rotatable bonds is 9. The van der Waals surface area contributed by atoms with Gasteiger partial charge in [-0.15, -0.1) is 0 Å². The average Bonchev–Trinajstić information content (AvgIpc) is 2.77. The van der Waals surface area contributed by atoms with Gasteiger partial charge in [0.05, 0.1) is 0 Å². The molecule has 0 radical (unpaired) electrons. The largest absolute Gasteiger partial charge is 0.313 e. The smallest absolute Gasteiger partial charge is 0.263 e. The lowest BCUT2D eigenvalue weighted by atomic mass is 9.90. The van der Waals surface area contributed by atoms with Crippen LogP contribution >= 0.6 is 0 Å². The lowest BCUT2D eigenvalue weighted by Gasteiger charge is -2.33. The van der Waals surface area contributed by atoms with Crippen molar-refractivity contribution in [2.24, 2.45) is 63.1 Å². The van der Waals surface area contributed by atoms with Crippen LogP contribution in [-0.4, -0.2) is 42.7 Å². The fraction of sp³-hybridized carbons (Fsp3) is 0.833. The third-order valence-corrected chi connectivity index (χ3v) is 11.2. The van der Waals surface area contributed by atoms with E-state index < -0.39 is 8.41 Å². The number of hydrogen-bond donors (Lipinski definition) is 0. The molecule has 0 aromatic rings. The van der Waals surface area contributed by atoms with Crippen LogP contribution in [0, 0.1) is 32.5 Å². The maximum Gasteiger partial charge on any atom is 0.263 e. The molecule has 0 spiro atoms. The summed E-state index contributed by atoms with van der Waals surface area (Å²) in [6.07, 6.45) is 0. The van der Waals surface area contributed by atoms with Crippen molar-refractivity contribution in [1.29, 1.82) is 0 Å². The molecule has 0 N–H and O–H groups in total. The molecule has 0 atom stereocenters. The lowest BCUT2D eigenvalue weighted by Crippen LogP contribution is -2.43. The quantitative estimate of drug-likeness (QED) is 0.105. The zero-order valence-corrected chi connectivity index (χ0v) is 33.7. The first-order valence-electron chi connectivity index (χ1n) is 16.3. The first-order valence-corrected chi connectivity index (χ1v) is 18.8. The van der Waals surface area contributed by atoms with Gasteiger partial charge >= 0.3 is 0 Å². The molecule has 0 aromatic carbocycles. The molecule has 0 fully saturated rings. The Kier molecular flexibility index (Phi) is 14.1. The Morgan fingerprint density at radius 2 is 0.545 bits per heavy atom. The molecule has 0 aliphatic carbocycles. The van der Waals surface area contributed by atoms with Gasteiger partial charge in [-0.05, 0) is 20.8 Å². The highest BCUT2D eigenvalue weighted by Crippen LogP contribution is 2.37. The molecule has 0 rings (SSSR count). The third-order valence-electron chi connectivity index (χ3n) is 8.27. The van der Waals surface area contributed by atoms with Gasteiger partial charge in [0.25, 0.3) is 8.41 Å². The Morgan fingerprint density at radius 3 is 0.682 bits per heavy atom. The zero-order valence-electron chi connectivity index (χ0n) is 32.7. The number of halogens is 1. The Bertz CT molecular complexity index is 1010. The summed E-state index contributed by atoms with van der Waals surface area (Å²) in [4.78, 5) is 0. The van der Waals surface area contributed by atoms with Crippen molar-refractivity contribution in [2.45, 2.75) is 164 Å². The van der Waals surface area contributed by atoms with E-state index in [0.717, 1.165) is 34.3 Å². The lowest BCUT2D eigenvalue weighted by molar-refractivity contribution is 0.567. The van der Waals surface area contributed by atoms with Crippen LogP contribution in [0.25, 0.3) is 0 Å². The third kappa shape index (κ3) is 15.0. The molecule has 0 aliphatic heterocycles. The molecular weight excluding hydrogens is 564 g/mol. The van der Waals surface area contributed by atoms with E-state index in [1.165, 1.54) is 0 Å². The minimum absolute atomic E-state index is 0.124. The highest BCUT2D eigenvalue weighted by molar-refractivity contribution is 6.81. The predicted molar refractivity (Wildman–Crippen MR) is 200 cm³/mol. The molecule has 0 amide bonds. The normalized spacial score (nSPS) is 17.0. The molecule has 0 aliphatic rings. The van der Waals surface area contributed by atoms with Crippen LogP contribution in [0.2, 0.25) is 18.1 Å². The van der Waals surface area contributed by atoms with Crippen molar-refractivity contribution in [3.8, 4) is 0 Å². The summed E-state index contributed by atoms with van der Waals surface area (Å²) in [5.74, 6) is 0. The molecule has 0 saturated carbocycles. The molecule has 8 heteroatoms. The van der Waals surface area contributed by atoms with Crippen LogP contribution in [0.3, 0.4) is 0 Å². The Morgan fingerprint density at radius 1 is 0.364 bits per heavy atom. The van der Waals surface area contributed by atoms with Crippen LogP contribution in [-0.2, 0) is 0 Å². The minimum Gasteiger partial charge on any atom is -0.313 e. The van der Waals surface area contributed by atoms with Crippen LogP contribution in [0.4, 0.5) is 4.11 Å². The standard InChI is InChI=1S/C36H69FN6Si/c1-25(31(4,5)6)38-41-28(34(13,14)15)22-44(37,23-29(35(16,17)18)42-39-26(2)32(7,8)9)24-30(36(19,20)21)43-40-27(3)33(10,11)12/h22-24H2,1-21H3/b38-25+,39-26+,40-27+,41-28-,42-29-,43-30-. The van der Waals surface area contributed by atoms with Crippen LogP contribution < -0.4 is 0 Å². The maximum absolute atomic E-state index is 18.2. The van der Waals surface area contributed by atoms with Crippen molar-refractivity contribution in [1.82, 2.24) is 0 Å². The van der Waals surface area contributed by atoms with Crippen LogP contribution in [0.15, 0.2) is 30.6 Å². The molecule has 0 heterocycles. The predicted octanol–water partition coefficient (Wildman–Crippen LogP) is 11.6. The molecule has 254 valence electrons. The van der Waals surface area contributed by atoms with E-state index in [2.05, 4.69) is 140 Å². The fourth-order valence-electron chi connectivity index (χ4n) is 3.30. The van der Waals surface area contributed by atoms with E-state index in [0.29, 0.717) is 0 Å².